The Morgan fingerprint density at radius 1 is 1.19 bits per heavy atom. The van der Waals surface area contributed by atoms with Crippen LogP contribution in [0.3, 0.4) is 0 Å². The van der Waals surface area contributed by atoms with E-state index in [0.29, 0.717) is 24.4 Å². The van der Waals surface area contributed by atoms with Crippen LogP contribution < -0.4 is 5.59 Å². The summed E-state index contributed by atoms with van der Waals surface area (Å²) in [5.41, 5.74) is 3.97. The second kappa shape index (κ2) is 7.32. The van der Waals surface area contributed by atoms with Crippen molar-refractivity contribution < 1.29 is 18.4 Å². The molecule has 3 heterocycles. The summed E-state index contributed by atoms with van der Waals surface area (Å²) in [6.45, 7) is 1.13. The van der Waals surface area contributed by atoms with Crippen LogP contribution >= 0.6 is 0 Å². The molecule has 1 amide bonds. The molecular formula is C19H18F2N4O2. The molecule has 1 aromatic carbocycles. The van der Waals surface area contributed by atoms with Crippen LogP contribution in [0.1, 0.15) is 28.8 Å². The number of hydrazine groups is 1. The minimum Gasteiger partial charge on any atom is -0.387 e. The Hall–Kier alpha value is -3.00. The number of halogens is 2. The summed E-state index contributed by atoms with van der Waals surface area (Å²) in [7, 11) is 0. The highest BCUT2D eigenvalue weighted by Gasteiger charge is 2.30. The number of carbonyl (C=O) groups is 1. The maximum atomic E-state index is 13.1. The van der Waals surface area contributed by atoms with Crippen molar-refractivity contribution in [3.8, 4) is 0 Å². The molecule has 0 saturated carbocycles. The zero-order valence-electron chi connectivity index (χ0n) is 14.4. The minimum atomic E-state index is -0.611. The smallest absolute Gasteiger partial charge is 0.255 e. The Labute approximate surface area is 155 Å². The summed E-state index contributed by atoms with van der Waals surface area (Å²) in [5.74, 6) is -0.505. The average molecular weight is 372 g/mol. The first-order valence-corrected chi connectivity index (χ1v) is 8.69. The third-order valence-electron chi connectivity index (χ3n) is 4.70. The molecule has 1 unspecified atom stereocenters. The SMILES string of the molecule is O=C(c1ccc(F)nc1)N1CCCC(N2C=C(c3ccc(F)cc3)ON2)C1. The van der Waals surface area contributed by atoms with Crippen molar-refractivity contribution in [3.05, 3.63) is 71.7 Å². The normalized spacial score (nSPS) is 19.6. The van der Waals surface area contributed by atoms with E-state index in [-0.39, 0.29) is 17.8 Å². The standard InChI is InChI=1S/C19H18F2N4O2/c20-15-6-3-13(4-7-15)17-12-25(23-27-17)16-2-1-9-24(11-16)19(26)14-5-8-18(21)22-10-14/h3-8,10,12,16,23H,1-2,9,11H2. The highest BCUT2D eigenvalue weighted by atomic mass is 19.1. The third-order valence-corrected chi connectivity index (χ3v) is 4.70. The lowest BCUT2D eigenvalue weighted by atomic mass is 10.0. The van der Waals surface area contributed by atoms with Crippen molar-refractivity contribution in [2.45, 2.75) is 18.9 Å². The Balaban J connectivity index is 1.44. The van der Waals surface area contributed by atoms with Gasteiger partial charge in [0.1, 0.15) is 5.82 Å². The van der Waals surface area contributed by atoms with Gasteiger partial charge in [-0.15, -0.1) is 0 Å². The number of nitrogens with one attached hydrogen (secondary N) is 1. The number of nitrogens with zero attached hydrogens (tertiary/aromatic N) is 3. The van der Waals surface area contributed by atoms with Crippen molar-refractivity contribution in [1.29, 1.82) is 0 Å². The fourth-order valence-electron chi connectivity index (χ4n) is 3.26. The highest BCUT2D eigenvalue weighted by Crippen LogP contribution is 2.25. The van der Waals surface area contributed by atoms with Crippen LogP contribution in [0.25, 0.3) is 5.76 Å². The van der Waals surface area contributed by atoms with Crippen molar-refractivity contribution in [2.24, 2.45) is 0 Å². The first-order chi connectivity index (χ1) is 13.1. The van der Waals surface area contributed by atoms with E-state index < -0.39 is 5.95 Å². The van der Waals surface area contributed by atoms with Gasteiger partial charge in [-0.3, -0.25) is 9.80 Å². The molecule has 2 aliphatic heterocycles. The Kier molecular flexibility index (Phi) is 4.72. The van der Waals surface area contributed by atoms with Crippen LogP contribution in [-0.2, 0) is 4.84 Å². The van der Waals surface area contributed by atoms with Gasteiger partial charge in [0.25, 0.3) is 5.91 Å². The van der Waals surface area contributed by atoms with Gasteiger partial charge < -0.3 is 9.74 Å². The molecule has 0 radical (unpaired) electrons. The quantitative estimate of drug-likeness (QED) is 0.840. The molecule has 0 spiro atoms. The van der Waals surface area contributed by atoms with E-state index in [2.05, 4.69) is 10.6 Å². The minimum absolute atomic E-state index is 0.0223. The molecule has 0 aliphatic carbocycles. The molecule has 1 aromatic heterocycles. The van der Waals surface area contributed by atoms with Gasteiger partial charge in [-0.2, -0.15) is 4.39 Å². The molecule has 140 valence electrons. The van der Waals surface area contributed by atoms with Gasteiger partial charge in [0, 0.05) is 24.8 Å². The van der Waals surface area contributed by atoms with Crippen LogP contribution in [-0.4, -0.2) is 39.9 Å². The van der Waals surface area contributed by atoms with E-state index >= 15 is 0 Å². The van der Waals surface area contributed by atoms with E-state index in [4.69, 9.17) is 4.84 Å². The van der Waals surface area contributed by atoms with E-state index in [9.17, 15) is 13.6 Å². The Bertz CT molecular complexity index is 855. The van der Waals surface area contributed by atoms with Gasteiger partial charge in [-0.25, -0.2) is 9.37 Å². The first kappa shape index (κ1) is 17.4. The molecule has 27 heavy (non-hydrogen) atoms. The molecule has 4 rings (SSSR count). The molecule has 2 aromatic rings. The fraction of sp³-hybridized carbons (Fsp3) is 0.263. The van der Waals surface area contributed by atoms with Gasteiger partial charge in [0.2, 0.25) is 5.95 Å². The van der Waals surface area contributed by atoms with E-state index in [1.54, 1.807) is 17.0 Å². The highest BCUT2D eigenvalue weighted by molar-refractivity contribution is 5.94. The largest absolute Gasteiger partial charge is 0.387 e. The maximum absolute atomic E-state index is 13.1. The average Bonchev–Trinajstić information content (AvgIpc) is 3.19. The molecule has 8 heteroatoms. The second-order valence-electron chi connectivity index (χ2n) is 6.52. The number of hydrogen-bond donors (Lipinski definition) is 1. The van der Waals surface area contributed by atoms with Gasteiger partial charge >= 0.3 is 0 Å². The lowest BCUT2D eigenvalue weighted by Crippen LogP contribution is -2.50. The third kappa shape index (κ3) is 3.75. The van der Waals surface area contributed by atoms with Crippen LogP contribution in [0.2, 0.25) is 0 Å². The first-order valence-electron chi connectivity index (χ1n) is 8.69. The van der Waals surface area contributed by atoms with Crippen molar-refractivity contribution in [3.63, 3.8) is 0 Å². The molecule has 1 saturated heterocycles. The number of pyridine rings is 1. The van der Waals surface area contributed by atoms with Gasteiger partial charge in [-0.05, 0) is 49.2 Å². The molecule has 6 nitrogen and oxygen atoms in total. The Morgan fingerprint density at radius 2 is 2.00 bits per heavy atom. The molecular weight excluding hydrogens is 354 g/mol. The van der Waals surface area contributed by atoms with Crippen LogP contribution in [0, 0.1) is 11.8 Å². The lowest BCUT2D eigenvalue weighted by Gasteiger charge is -2.36. The molecule has 0 bridgehead atoms. The zero-order chi connectivity index (χ0) is 18.8. The van der Waals surface area contributed by atoms with Crippen molar-refractivity contribution in [2.75, 3.05) is 13.1 Å². The van der Waals surface area contributed by atoms with E-state index in [1.165, 1.54) is 30.5 Å². The van der Waals surface area contributed by atoms with Crippen molar-refractivity contribution >= 4 is 11.7 Å². The van der Waals surface area contributed by atoms with Gasteiger partial charge in [-0.1, -0.05) is 5.59 Å². The number of benzene rings is 1. The predicted molar refractivity (Wildman–Crippen MR) is 93.6 cm³/mol. The molecule has 1 atom stereocenters. The summed E-state index contributed by atoms with van der Waals surface area (Å²) >= 11 is 0. The number of aromatic nitrogens is 1. The van der Waals surface area contributed by atoms with Crippen LogP contribution in [0.5, 0.6) is 0 Å². The summed E-state index contributed by atoms with van der Waals surface area (Å²) in [6.07, 6.45) is 4.79. The fourth-order valence-corrected chi connectivity index (χ4v) is 3.26. The van der Waals surface area contributed by atoms with Crippen LogP contribution in [0.15, 0.2) is 48.8 Å². The van der Waals surface area contributed by atoms with Gasteiger partial charge in [0.15, 0.2) is 5.76 Å². The molecule has 1 fully saturated rings. The molecule has 2 aliphatic rings. The van der Waals surface area contributed by atoms with Gasteiger partial charge in [0.05, 0.1) is 17.8 Å². The number of piperidine rings is 1. The number of carbonyl (C=O) groups excluding carboxylic acids is 1. The lowest BCUT2D eigenvalue weighted by molar-refractivity contribution is -0.00239. The zero-order valence-corrected chi connectivity index (χ0v) is 14.4. The predicted octanol–water partition coefficient (Wildman–Crippen LogP) is 2.71. The topological polar surface area (TPSA) is 57.7 Å². The van der Waals surface area contributed by atoms with E-state index in [1.807, 2.05) is 11.2 Å². The number of amides is 1. The van der Waals surface area contributed by atoms with Crippen molar-refractivity contribution in [1.82, 2.24) is 20.5 Å². The monoisotopic (exact) mass is 372 g/mol. The summed E-state index contributed by atoms with van der Waals surface area (Å²) in [4.78, 5) is 23.4. The van der Waals surface area contributed by atoms with E-state index in [0.717, 1.165) is 18.4 Å². The summed E-state index contributed by atoms with van der Waals surface area (Å²) in [6, 6.07) is 8.68. The second-order valence-corrected chi connectivity index (χ2v) is 6.52. The maximum Gasteiger partial charge on any atom is 0.255 e. The molecule has 1 N–H and O–H groups in total. The summed E-state index contributed by atoms with van der Waals surface area (Å²) in [5, 5.41) is 1.82. The number of hydrogen-bond acceptors (Lipinski definition) is 5. The summed E-state index contributed by atoms with van der Waals surface area (Å²) < 4.78 is 26.0. The number of rotatable bonds is 3. The van der Waals surface area contributed by atoms with Crippen LogP contribution in [0.4, 0.5) is 8.78 Å². The number of likely N-dealkylation sites (tertiary alicyclic amines) is 1. The Morgan fingerprint density at radius 3 is 2.74 bits per heavy atom.